The lowest BCUT2D eigenvalue weighted by molar-refractivity contribution is -0.103. The van der Waals surface area contributed by atoms with E-state index < -0.39 is 6.29 Å². The van der Waals surface area contributed by atoms with Crippen molar-refractivity contribution in [3.05, 3.63) is 59.7 Å². The highest BCUT2D eigenvalue weighted by molar-refractivity contribution is 5.27. The molecule has 1 aliphatic heterocycles. The first-order valence-corrected chi connectivity index (χ1v) is 7.86. The number of hydrogen-bond acceptors (Lipinski definition) is 4. The third-order valence-corrected chi connectivity index (χ3v) is 3.92. The van der Waals surface area contributed by atoms with Crippen LogP contribution in [0.1, 0.15) is 17.5 Å². The predicted octanol–water partition coefficient (Wildman–Crippen LogP) is 3.24. The molecule has 0 amide bonds. The fourth-order valence-electron chi connectivity index (χ4n) is 2.57. The Morgan fingerprint density at radius 2 is 1.52 bits per heavy atom. The molecule has 122 valence electrons. The highest BCUT2D eigenvalue weighted by Crippen LogP contribution is 2.25. The van der Waals surface area contributed by atoms with E-state index in [9.17, 15) is 5.11 Å². The van der Waals surface area contributed by atoms with E-state index in [1.165, 1.54) is 11.1 Å². The summed E-state index contributed by atoms with van der Waals surface area (Å²) in [6.07, 6.45) is -0.890. The van der Waals surface area contributed by atoms with Crippen LogP contribution in [0.25, 0.3) is 0 Å². The van der Waals surface area contributed by atoms with Gasteiger partial charge in [-0.1, -0.05) is 35.4 Å². The van der Waals surface area contributed by atoms with Crippen LogP contribution in [0.2, 0.25) is 0 Å². The summed E-state index contributed by atoms with van der Waals surface area (Å²) < 4.78 is 17.2. The zero-order valence-electron chi connectivity index (χ0n) is 13.4. The van der Waals surface area contributed by atoms with Crippen molar-refractivity contribution in [3.8, 4) is 11.5 Å². The molecule has 1 heterocycles. The number of aryl methyl sites for hydroxylation is 2. The summed E-state index contributed by atoms with van der Waals surface area (Å²) in [5, 5.41) is 9.77. The summed E-state index contributed by atoms with van der Waals surface area (Å²) in [5.41, 5.74) is 2.37. The smallest absolute Gasteiger partial charge is 0.158 e. The van der Waals surface area contributed by atoms with Gasteiger partial charge in [0, 0.05) is 6.42 Å². The minimum atomic E-state index is -0.808. The van der Waals surface area contributed by atoms with E-state index in [4.69, 9.17) is 14.2 Å². The Balaban J connectivity index is 1.60. The van der Waals surface area contributed by atoms with Crippen LogP contribution < -0.4 is 9.47 Å². The summed E-state index contributed by atoms with van der Waals surface area (Å²) in [5.74, 6) is 1.56. The molecule has 0 spiro atoms. The molecule has 2 aromatic carbocycles. The molecule has 1 unspecified atom stereocenters. The van der Waals surface area contributed by atoms with Gasteiger partial charge in [-0.25, -0.2) is 0 Å². The molecule has 0 radical (unpaired) electrons. The average Bonchev–Trinajstić information content (AvgIpc) is 2.89. The van der Waals surface area contributed by atoms with Crippen molar-refractivity contribution in [2.24, 2.45) is 0 Å². The highest BCUT2D eigenvalue weighted by Gasteiger charge is 2.36. The fourth-order valence-corrected chi connectivity index (χ4v) is 2.57. The third kappa shape index (κ3) is 4.24. The highest BCUT2D eigenvalue weighted by atomic mass is 16.6. The van der Waals surface area contributed by atoms with Gasteiger partial charge >= 0.3 is 0 Å². The second-order valence-electron chi connectivity index (χ2n) is 5.96. The van der Waals surface area contributed by atoms with E-state index >= 15 is 0 Å². The van der Waals surface area contributed by atoms with Crippen molar-refractivity contribution < 1.29 is 19.3 Å². The minimum Gasteiger partial charge on any atom is -0.491 e. The standard InChI is InChI=1S/C19H22O4/c1-13-3-7-15(8-4-13)21-12-18-17(11-19(20)23-18)22-16-9-5-14(2)6-10-16/h3-10,17-20H,11-12H2,1-2H3/t17-,18+,19?/m0/s1. The van der Waals surface area contributed by atoms with E-state index in [0.29, 0.717) is 13.0 Å². The van der Waals surface area contributed by atoms with Crippen molar-refractivity contribution in [1.29, 1.82) is 0 Å². The van der Waals surface area contributed by atoms with Crippen molar-refractivity contribution in [3.63, 3.8) is 0 Å². The van der Waals surface area contributed by atoms with Gasteiger partial charge in [0.2, 0.25) is 0 Å². The van der Waals surface area contributed by atoms with Crippen LogP contribution in [-0.4, -0.2) is 30.2 Å². The van der Waals surface area contributed by atoms with Gasteiger partial charge in [0.1, 0.15) is 30.3 Å². The predicted molar refractivity (Wildman–Crippen MR) is 87.8 cm³/mol. The Morgan fingerprint density at radius 3 is 2.13 bits per heavy atom. The Hall–Kier alpha value is -2.04. The van der Waals surface area contributed by atoms with Gasteiger partial charge in [-0.2, -0.15) is 0 Å². The molecule has 3 atom stereocenters. The van der Waals surface area contributed by atoms with E-state index in [1.54, 1.807) is 0 Å². The van der Waals surface area contributed by atoms with Gasteiger partial charge in [-0.05, 0) is 38.1 Å². The number of rotatable bonds is 5. The van der Waals surface area contributed by atoms with E-state index in [-0.39, 0.29) is 12.2 Å². The van der Waals surface area contributed by atoms with Crippen LogP contribution in [0.3, 0.4) is 0 Å². The summed E-state index contributed by atoms with van der Waals surface area (Å²) >= 11 is 0. The molecule has 4 nitrogen and oxygen atoms in total. The fraction of sp³-hybridized carbons (Fsp3) is 0.368. The maximum absolute atomic E-state index is 9.77. The number of hydrogen-bond donors (Lipinski definition) is 1. The zero-order valence-corrected chi connectivity index (χ0v) is 13.4. The first-order chi connectivity index (χ1) is 11.1. The minimum absolute atomic E-state index is 0.224. The number of aliphatic hydroxyl groups is 1. The van der Waals surface area contributed by atoms with Crippen LogP contribution in [0.5, 0.6) is 11.5 Å². The van der Waals surface area contributed by atoms with Crippen molar-refractivity contribution in [2.75, 3.05) is 6.61 Å². The molecule has 4 heteroatoms. The molecular formula is C19H22O4. The van der Waals surface area contributed by atoms with Crippen LogP contribution in [-0.2, 0) is 4.74 Å². The van der Waals surface area contributed by atoms with Gasteiger partial charge in [-0.3, -0.25) is 0 Å². The first kappa shape index (κ1) is 15.8. The molecule has 0 aromatic heterocycles. The summed E-state index contributed by atoms with van der Waals surface area (Å²) in [6.45, 7) is 4.41. The topological polar surface area (TPSA) is 47.9 Å². The maximum atomic E-state index is 9.77. The second-order valence-corrected chi connectivity index (χ2v) is 5.96. The molecule has 3 rings (SSSR count). The summed E-state index contributed by atoms with van der Waals surface area (Å²) in [6, 6.07) is 15.7. The largest absolute Gasteiger partial charge is 0.491 e. The second kappa shape index (κ2) is 7.02. The van der Waals surface area contributed by atoms with E-state index in [2.05, 4.69) is 0 Å². The number of ether oxygens (including phenoxy) is 3. The molecular weight excluding hydrogens is 292 g/mol. The van der Waals surface area contributed by atoms with Crippen LogP contribution in [0.4, 0.5) is 0 Å². The lowest BCUT2D eigenvalue weighted by atomic mass is 10.2. The monoisotopic (exact) mass is 314 g/mol. The molecule has 0 bridgehead atoms. The quantitative estimate of drug-likeness (QED) is 0.920. The summed E-state index contributed by atoms with van der Waals surface area (Å²) in [7, 11) is 0. The van der Waals surface area contributed by atoms with Crippen molar-refractivity contribution in [2.45, 2.75) is 38.8 Å². The maximum Gasteiger partial charge on any atom is 0.158 e. The average molecular weight is 314 g/mol. The molecule has 1 N–H and O–H groups in total. The van der Waals surface area contributed by atoms with Crippen molar-refractivity contribution >= 4 is 0 Å². The van der Waals surface area contributed by atoms with Gasteiger partial charge in [0.15, 0.2) is 6.29 Å². The molecule has 0 aliphatic carbocycles. The van der Waals surface area contributed by atoms with Gasteiger partial charge in [0.25, 0.3) is 0 Å². The third-order valence-electron chi connectivity index (χ3n) is 3.92. The SMILES string of the molecule is Cc1ccc(OC[C@H]2OC(O)C[C@@H]2Oc2ccc(C)cc2)cc1. The van der Waals surface area contributed by atoms with Crippen LogP contribution in [0, 0.1) is 13.8 Å². The molecule has 23 heavy (non-hydrogen) atoms. The number of aliphatic hydroxyl groups excluding tert-OH is 1. The normalized spacial score (nSPS) is 23.7. The molecule has 1 saturated heterocycles. The Kier molecular flexibility index (Phi) is 4.84. The molecule has 2 aromatic rings. The summed E-state index contributed by atoms with van der Waals surface area (Å²) in [4.78, 5) is 0. The molecule has 1 aliphatic rings. The van der Waals surface area contributed by atoms with Gasteiger partial charge < -0.3 is 19.3 Å². The van der Waals surface area contributed by atoms with Gasteiger partial charge in [-0.15, -0.1) is 0 Å². The van der Waals surface area contributed by atoms with E-state index in [1.807, 2.05) is 62.4 Å². The molecule has 1 fully saturated rings. The Morgan fingerprint density at radius 1 is 0.957 bits per heavy atom. The molecule has 0 saturated carbocycles. The lowest BCUT2D eigenvalue weighted by Gasteiger charge is -2.20. The zero-order chi connectivity index (χ0) is 16.2. The first-order valence-electron chi connectivity index (χ1n) is 7.86. The van der Waals surface area contributed by atoms with Crippen LogP contribution in [0.15, 0.2) is 48.5 Å². The lowest BCUT2D eigenvalue weighted by Crippen LogP contribution is -2.32. The Labute approximate surface area is 136 Å². The van der Waals surface area contributed by atoms with E-state index in [0.717, 1.165) is 11.5 Å². The van der Waals surface area contributed by atoms with Gasteiger partial charge in [0.05, 0.1) is 0 Å². The number of benzene rings is 2. The van der Waals surface area contributed by atoms with Crippen molar-refractivity contribution in [1.82, 2.24) is 0 Å². The Bertz CT molecular complexity index is 621. The van der Waals surface area contributed by atoms with Crippen LogP contribution >= 0.6 is 0 Å².